The molecule has 0 unspecified atom stereocenters. The Balaban J connectivity index is 2.95. The molecule has 1 rings (SSSR count). The van der Waals surface area contributed by atoms with Crippen LogP contribution in [0.5, 0.6) is 0 Å². The van der Waals surface area contributed by atoms with Crippen LogP contribution >= 0.6 is 0 Å². The molecule has 0 radical (unpaired) electrons. The van der Waals surface area contributed by atoms with Gasteiger partial charge in [0.1, 0.15) is 0 Å². The Labute approximate surface area is 82.1 Å². The Kier molecular flexibility index (Phi) is 3.24. The van der Waals surface area contributed by atoms with Crippen molar-refractivity contribution in [1.29, 1.82) is 0 Å². The van der Waals surface area contributed by atoms with Gasteiger partial charge in [-0.1, -0.05) is 0 Å². The molecular weight excluding hydrogens is 182 g/mol. The molecule has 14 heavy (non-hydrogen) atoms. The molecule has 0 aliphatic rings. The van der Waals surface area contributed by atoms with Crippen molar-refractivity contribution >= 4 is 5.97 Å². The Hall–Kier alpha value is -1.83. The predicted molar refractivity (Wildman–Crippen MR) is 49.5 cm³/mol. The van der Waals surface area contributed by atoms with E-state index in [0.717, 1.165) is 0 Å². The second-order valence-corrected chi connectivity index (χ2v) is 2.71. The van der Waals surface area contributed by atoms with E-state index in [-0.39, 0.29) is 12.2 Å². The zero-order valence-corrected chi connectivity index (χ0v) is 8.15. The molecule has 0 amide bonds. The SMILES string of the molecule is [C-]#[N+]Cc1cn(C)nc1C(=O)OCC. The monoisotopic (exact) mass is 193 g/mol. The minimum absolute atomic E-state index is 0.155. The molecule has 0 fully saturated rings. The topological polar surface area (TPSA) is 48.5 Å². The summed E-state index contributed by atoms with van der Waals surface area (Å²) >= 11 is 0. The first-order valence-corrected chi connectivity index (χ1v) is 4.22. The van der Waals surface area contributed by atoms with E-state index >= 15 is 0 Å². The number of aromatic nitrogens is 2. The number of ether oxygens (including phenoxy) is 1. The van der Waals surface area contributed by atoms with Crippen LogP contribution in [0.3, 0.4) is 0 Å². The summed E-state index contributed by atoms with van der Waals surface area (Å²) in [5, 5.41) is 3.95. The highest BCUT2D eigenvalue weighted by atomic mass is 16.5. The van der Waals surface area contributed by atoms with Crippen molar-refractivity contribution in [2.45, 2.75) is 13.5 Å². The van der Waals surface area contributed by atoms with Crippen LogP contribution in [-0.2, 0) is 18.3 Å². The van der Waals surface area contributed by atoms with Gasteiger partial charge in [0, 0.05) is 13.2 Å². The van der Waals surface area contributed by atoms with E-state index in [9.17, 15) is 4.79 Å². The molecule has 5 nitrogen and oxygen atoms in total. The highest BCUT2D eigenvalue weighted by molar-refractivity contribution is 5.88. The largest absolute Gasteiger partial charge is 0.461 e. The van der Waals surface area contributed by atoms with Gasteiger partial charge in [0.15, 0.2) is 5.69 Å². The van der Waals surface area contributed by atoms with E-state index in [0.29, 0.717) is 12.2 Å². The summed E-state index contributed by atoms with van der Waals surface area (Å²) in [6, 6.07) is 0. The molecule has 0 aliphatic heterocycles. The molecule has 0 atom stereocenters. The van der Waals surface area contributed by atoms with E-state index in [2.05, 4.69) is 9.94 Å². The summed E-state index contributed by atoms with van der Waals surface area (Å²) in [6.07, 6.45) is 1.66. The normalized spacial score (nSPS) is 9.50. The van der Waals surface area contributed by atoms with Gasteiger partial charge in [-0.2, -0.15) is 5.10 Å². The Bertz CT molecular complexity index is 376. The zero-order chi connectivity index (χ0) is 10.6. The first kappa shape index (κ1) is 10.3. The van der Waals surface area contributed by atoms with Gasteiger partial charge >= 0.3 is 5.97 Å². The van der Waals surface area contributed by atoms with Crippen molar-refractivity contribution in [3.05, 3.63) is 28.9 Å². The molecule has 0 saturated heterocycles. The lowest BCUT2D eigenvalue weighted by Crippen LogP contribution is -2.08. The van der Waals surface area contributed by atoms with Crippen molar-refractivity contribution in [1.82, 2.24) is 9.78 Å². The van der Waals surface area contributed by atoms with E-state index in [1.807, 2.05) is 0 Å². The number of esters is 1. The molecule has 0 N–H and O–H groups in total. The smallest absolute Gasteiger partial charge is 0.359 e. The third-order valence-electron chi connectivity index (χ3n) is 1.62. The third kappa shape index (κ3) is 2.10. The van der Waals surface area contributed by atoms with E-state index in [1.165, 1.54) is 4.68 Å². The van der Waals surface area contributed by atoms with Crippen LogP contribution in [-0.4, -0.2) is 22.4 Å². The molecule has 1 heterocycles. The quantitative estimate of drug-likeness (QED) is 0.531. The second kappa shape index (κ2) is 4.42. The number of carbonyl (C=O) groups is 1. The minimum atomic E-state index is -0.466. The van der Waals surface area contributed by atoms with Crippen molar-refractivity contribution < 1.29 is 9.53 Å². The van der Waals surface area contributed by atoms with Gasteiger partial charge in [0.2, 0.25) is 6.54 Å². The first-order valence-electron chi connectivity index (χ1n) is 4.22. The number of rotatable bonds is 3. The number of hydrogen-bond donors (Lipinski definition) is 0. The standard InChI is InChI=1S/C9H11N3O2/c1-4-14-9(13)8-7(5-10-2)6-12(3)11-8/h6H,4-5H2,1,3H3. The Morgan fingerprint density at radius 3 is 3.07 bits per heavy atom. The highest BCUT2D eigenvalue weighted by Gasteiger charge is 2.18. The second-order valence-electron chi connectivity index (χ2n) is 2.71. The van der Waals surface area contributed by atoms with Gasteiger partial charge in [-0.25, -0.2) is 11.4 Å². The van der Waals surface area contributed by atoms with E-state index < -0.39 is 5.97 Å². The van der Waals surface area contributed by atoms with Crippen molar-refractivity contribution in [3.8, 4) is 0 Å². The lowest BCUT2D eigenvalue weighted by atomic mass is 10.2. The van der Waals surface area contributed by atoms with Gasteiger partial charge in [0.05, 0.1) is 12.2 Å². The molecule has 0 spiro atoms. The van der Waals surface area contributed by atoms with Crippen LogP contribution in [0.2, 0.25) is 0 Å². The van der Waals surface area contributed by atoms with Gasteiger partial charge < -0.3 is 9.58 Å². The molecular formula is C9H11N3O2. The van der Waals surface area contributed by atoms with E-state index in [4.69, 9.17) is 11.3 Å². The summed E-state index contributed by atoms with van der Waals surface area (Å²) < 4.78 is 6.32. The fourth-order valence-electron chi connectivity index (χ4n) is 1.11. The first-order chi connectivity index (χ1) is 6.69. The fourth-order valence-corrected chi connectivity index (χ4v) is 1.11. The van der Waals surface area contributed by atoms with Crippen molar-refractivity contribution in [3.63, 3.8) is 0 Å². The summed E-state index contributed by atoms with van der Waals surface area (Å²) in [6.45, 7) is 8.92. The maximum absolute atomic E-state index is 11.4. The molecule has 0 aromatic carbocycles. The summed E-state index contributed by atoms with van der Waals surface area (Å²) in [4.78, 5) is 14.6. The summed E-state index contributed by atoms with van der Waals surface area (Å²) in [7, 11) is 1.70. The number of carbonyl (C=O) groups excluding carboxylic acids is 1. The van der Waals surface area contributed by atoms with Crippen LogP contribution in [0.4, 0.5) is 0 Å². The average Bonchev–Trinajstić information content (AvgIpc) is 2.48. The zero-order valence-electron chi connectivity index (χ0n) is 8.15. The molecule has 0 saturated carbocycles. The van der Waals surface area contributed by atoms with Crippen LogP contribution in [0, 0.1) is 6.57 Å². The van der Waals surface area contributed by atoms with Gasteiger partial charge in [-0.15, -0.1) is 0 Å². The molecule has 5 heteroatoms. The van der Waals surface area contributed by atoms with Gasteiger partial charge in [0.25, 0.3) is 0 Å². The lowest BCUT2D eigenvalue weighted by molar-refractivity contribution is 0.0517. The van der Waals surface area contributed by atoms with Crippen LogP contribution in [0.25, 0.3) is 4.85 Å². The van der Waals surface area contributed by atoms with E-state index in [1.54, 1.807) is 20.2 Å². The molecule has 1 aromatic heterocycles. The average molecular weight is 193 g/mol. The fraction of sp³-hybridized carbons (Fsp3) is 0.444. The maximum Gasteiger partial charge on any atom is 0.359 e. The van der Waals surface area contributed by atoms with Crippen molar-refractivity contribution in [2.75, 3.05) is 6.61 Å². The van der Waals surface area contributed by atoms with Crippen LogP contribution in [0.1, 0.15) is 23.0 Å². The lowest BCUT2D eigenvalue weighted by Gasteiger charge is -1.97. The minimum Gasteiger partial charge on any atom is -0.461 e. The summed E-state index contributed by atoms with van der Waals surface area (Å²) in [5.74, 6) is -0.466. The van der Waals surface area contributed by atoms with Gasteiger partial charge in [-0.3, -0.25) is 4.68 Å². The van der Waals surface area contributed by atoms with Crippen LogP contribution < -0.4 is 0 Å². The molecule has 0 bridgehead atoms. The third-order valence-corrected chi connectivity index (χ3v) is 1.62. The molecule has 1 aromatic rings. The Morgan fingerprint density at radius 2 is 2.50 bits per heavy atom. The van der Waals surface area contributed by atoms with Crippen molar-refractivity contribution in [2.24, 2.45) is 7.05 Å². The molecule has 0 aliphatic carbocycles. The maximum atomic E-state index is 11.4. The number of nitrogens with zero attached hydrogens (tertiary/aromatic N) is 3. The number of hydrogen-bond acceptors (Lipinski definition) is 3. The Morgan fingerprint density at radius 1 is 1.79 bits per heavy atom. The van der Waals surface area contributed by atoms with Gasteiger partial charge in [-0.05, 0) is 6.92 Å². The number of aryl methyl sites for hydroxylation is 1. The predicted octanol–water partition coefficient (Wildman–Crippen LogP) is 1.02. The highest BCUT2D eigenvalue weighted by Crippen LogP contribution is 2.09. The molecule has 74 valence electrons. The van der Waals surface area contributed by atoms with Crippen LogP contribution in [0.15, 0.2) is 6.20 Å². The summed E-state index contributed by atoms with van der Waals surface area (Å²) in [5.41, 5.74) is 0.853.